The number of nitrogens with zero attached hydrogens (tertiary/aromatic N) is 5. The minimum Gasteiger partial charge on any atom is -0.357 e. The summed E-state index contributed by atoms with van der Waals surface area (Å²) in [6.07, 6.45) is 5.48. The van der Waals surface area contributed by atoms with Crippen molar-refractivity contribution < 1.29 is 0 Å². The summed E-state index contributed by atoms with van der Waals surface area (Å²) in [6.45, 7) is 5.79. The molecule has 0 saturated heterocycles. The first-order valence-electron chi connectivity index (χ1n) is 6.69. The van der Waals surface area contributed by atoms with Gasteiger partial charge in [-0.2, -0.15) is 5.26 Å². The van der Waals surface area contributed by atoms with Crippen LogP contribution in [0.2, 0.25) is 0 Å². The monoisotopic (exact) mass is 269 g/mol. The molecule has 0 aliphatic heterocycles. The third kappa shape index (κ3) is 3.15. The van der Waals surface area contributed by atoms with Gasteiger partial charge in [-0.25, -0.2) is 9.97 Å². The zero-order chi connectivity index (χ0) is 14.5. The van der Waals surface area contributed by atoms with Crippen LogP contribution in [0.5, 0.6) is 0 Å². The largest absolute Gasteiger partial charge is 0.357 e. The van der Waals surface area contributed by atoms with Gasteiger partial charge in [0.2, 0.25) is 0 Å². The lowest BCUT2D eigenvalue weighted by Crippen LogP contribution is -2.24. The molecule has 0 spiro atoms. The van der Waals surface area contributed by atoms with Gasteiger partial charge in [-0.05, 0) is 18.1 Å². The fourth-order valence-corrected chi connectivity index (χ4v) is 1.95. The van der Waals surface area contributed by atoms with Crippen LogP contribution in [0.25, 0.3) is 0 Å². The lowest BCUT2D eigenvalue weighted by molar-refractivity contribution is 0.677. The average Bonchev–Trinajstić information content (AvgIpc) is 2.97. The molecule has 0 bridgehead atoms. The molecule has 0 saturated carbocycles. The highest BCUT2D eigenvalue weighted by Gasteiger charge is 2.12. The van der Waals surface area contributed by atoms with E-state index in [4.69, 9.17) is 0 Å². The fourth-order valence-electron chi connectivity index (χ4n) is 1.95. The van der Waals surface area contributed by atoms with Crippen molar-refractivity contribution in [1.29, 1.82) is 5.26 Å². The van der Waals surface area contributed by atoms with Gasteiger partial charge in [-0.1, -0.05) is 13.8 Å². The highest BCUT2D eigenvalue weighted by Crippen LogP contribution is 2.20. The molecule has 5 nitrogen and oxygen atoms in total. The van der Waals surface area contributed by atoms with Gasteiger partial charge in [-0.3, -0.25) is 0 Å². The number of pyridine rings is 1. The SMILES string of the molecule is CC(C)c1ccc(C#N)c(N(C)CCn2ccnc2)n1. The van der Waals surface area contributed by atoms with Gasteiger partial charge in [-0.15, -0.1) is 0 Å². The predicted molar refractivity (Wildman–Crippen MR) is 78.5 cm³/mol. The second kappa shape index (κ2) is 6.20. The Morgan fingerprint density at radius 1 is 1.40 bits per heavy atom. The van der Waals surface area contributed by atoms with E-state index in [9.17, 15) is 5.26 Å². The topological polar surface area (TPSA) is 57.7 Å². The van der Waals surface area contributed by atoms with E-state index in [1.807, 2.05) is 34.8 Å². The van der Waals surface area contributed by atoms with Crippen LogP contribution in [0.1, 0.15) is 31.0 Å². The van der Waals surface area contributed by atoms with E-state index in [0.717, 1.165) is 24.6 Å². The van der Waals surface area contributed by atoms with Crippen LogP contribution >= 0.6 is 0 Å². The minimum absolute atomic E-state index is 0.351. The molecule has 104 valence electrons. The molecule has 0 fully saturated rings. The van der Waals surface area contributed by atoms with Crippen molar-refractivity contribution in [1.82, 2.24) is 14.5 Å². The molecule has 0 N–H and O–H groups in total. The summed E-state index contributed by atoms with van der Waals surface area (Å²) in [5, 5.41) is 9.22. The summed E-state index contributed by atoms with van der Waals surface area (Å²) in [6, 6.07) is 5.99. The van der Waals surface area contributed by atoms with E-state index in [-0.39, 0.29) is 0 Å². The number of rotatable bonds is 5. The van der Waals surface area contributed by atoms with Crippen LogP contribution in [-0.4, -0.2) is 28.1 Å². The molecule has 2 aromatic heterocycles. The van der Waals surface area contributed by atoms with E-state index >= 15 is 0 Å². The maximum absolute atomic E-state index is 9.22. The molecule has 0 radical (unpaired) electrons. The maximum atomic E-state index is 9.22. The van der Waals surface area contributed by atoms with Crippen molar-refractivity contribution in [2.75, 3.05) is 18.5 Å². The number of hydrogen-bond donors (Lipinski definition) is 0. The lowest BCUT2D eigenvalue weighted by atomic mass is 10.1. The number of anilines is 1. The van der Waals surface area contributed by atoms with Crippen LogP contribution < -0.4 is 4.90 Å². The first-order valence-corrected chi connectivity index (χ1v) is 6.69. The Morgan fingerprint density at radius 3 is 2.80 bits per heavy atom. The molecule has 20 heavy (non-hydrogen) atoms. The molecule has 0 aromatic carbocycles. The maximum Gasteiger partial charge on any atom is 0.146 e. The van der Waals surface area contributed by atoms with Crippen molar-refractivity contribution in [3.63, 3.8) is 0 Å². The Labute approximate surface area is 119 Å². The standard InChI is InChI=1S/C15H19N5/c1-12(2)14-5-4-13(10-16)15(18-14)19(3)8-9-20-7-6-17-11-20/h4-7,11-12H,8-9H2,1-3H3. The third-order valence-electron chi connectivity index (χ3n) is 3.22. The van der Waals surface area contributed by atoms with Crippen LogP contribution in [0, 0.1) is 11.3 Å². The van der Waals surface area contributed by atoms with Crippen LogP contribution in [0.4, 0.5) is 5.82 Å². The quantitative estimate of drug-likeness (QED) is 0.836. The van der Waals surface area contributed by atoms with Gasteiger partial charge in [0.15, 0.2) is 0 Å². The molecule has 0 unspecified atom stereocenters. The molecule has 0 aliphatic carbocycles. The highest BCUT2D eigenvalue weighted by molar-refractivity contribution is 5.54. The van der Waals surface area contributed by atoms with E-state index in [2.05, 4.69) is 29.9 Å². The summed E-state index contributed by atoms with van der Waals surface area (Å²) in [4.78, 5) is 10.7. The third-order valence-corrected chi connectivity index (χ3v) is 3.22. The van der Waals surface area contributed by atoms with Gasteiger partial charge >= 0.3 is 0 Å². The van der Waals surface area contributed by atoms with Crippen molar-refractivity contribution in [3.05, 3.63) is 42.1 Å². The molecule has 2 rings (SSSR count). The lowest BCUT2D eigenvalue weighted by Gasteiger charge is -2.20. The zero-order valence-corrected chi connectivity index (χ0v) is 12.1. The van der Waals surface area contributed by atoms with Crippen LogP contribution in [0.3, 0.4) is 0 Å². The van der Waals surface area contributed by atoms with Crippen molar-refractivity contribution in [3.8, 4) is 6.07 Å². The van der Waals surface area contributed by atoms with E-state index in [1.165, 1.54) is 0 Å². The molecule has 2 heterocycles. The van der Waals surface area contributed by atoms with E-state index in [1.54, 1.807) is 12.5 Å². The highest BCUT2D eigenvalue weighted by atomic mass is 15.2. The fraction of sp³-hybridized carbons (Fsp3) is 0.400. The van der Waals surface area contributed by atoms with Gasteiger partial charge in [0.05, 0.1) is 11.9 Å². The second-order valence-electron chi connectivity index (χ2n) is 5.10. The van der Waals surface area contributed by atoms with Crippen molar-refractivity contribution in [2.45, 2.75) is 26.3 Å². The van der Waals surface area contributed by atoms with Gasteiger partial charge < -0.3 is 9.47 Å². The number of likely N-dealkylation sites (N-methyl/N-ethyl adjacent to an activating group) is 1. The summed E-state index contributed by atoms with van der Waals surface area (Å²) in [7, 11) is 1.96. The first-order chi connectivity index (χ1) is 9.61. The van der Waals surface area contributed by atoms with Gasteiger partial charge in [0.25, 0.3) is 0 Å². The normalized spacial score (nSPS) is 10.6. The number of imidazole rings is 1. The zero-order valence-electron chi connectivity index (χ0n) is 12.1. The number of hydrogen-bond acceptors (Lipinski definition) is 4. The van der Waals surface area contributed by atoms with Crippen molar-refractivity contribution >= 4 is 5.82 Å². The van der Waals surface area contributed by atoms with Crippen LogP contribution in [-0.2, 0) is 6.54 Å². The molecular formula is C15H19N5. The summed E-state index contributed by atoms with van der Waals surface area (Å²) in [5.74, 6) is 1.10. The summed E-state index contributed by atoms with van der Waals surface area (Å²) < 4.78 is 2.01. The Bertz CT molecular complexity index is 595. The van der Waals surface area contributed by atoms with Crippen LogP contribution in [0.15, 0.2) is 30.9 Å². The second-order valence-corrected chi connectivity index (χ2v) is 5.10. The predicted octanol–water partition coefficient (Wildman–Crippen LogP) is 2.41. The van der Waals surface area contributed by atoms with Gasteiger partial charge in [0.1, 0.15) is 11.9 Å². The molecule has 0 amide bonds. The molecule has 2 aromatic rings. The Balaban J connectivity index is 2.17. The van der Waals surface area contributed by atoms with E-state index in [0.29, 0.717) is 11.5 Å². The number of aromatic nitrogens is 3. The minimum atomic E-state index is 0.351. The average molecular weight is 269 g/mol. The summed E-state index contributed by atoms with van der Waals surface area (Å²) >= 11 is 0. The van der Waals surface area contributed by atoms with E-state index < -0.39 is 0 Å². The Morgan fingerprint density at radius 2 is 2.20 bits per heavy atom. The molecule has 0 aliphatic rings. The van der Waals surface area contributed by atoms with Gasteiger partial charge in [0, 0.05) is 38.2 Å². The van der Waals surface area contributed by atoms with Crippen molar-refractivity contribution in [2.24, 2.45) is 0 Å². The first kappa shape index (κ1) is 14.1. The molecular weight excluding hydrogens is 250 g/mol. The Hall–Kier alpha value is -2.35. The smallest absolute Gasteiger partial charge is 0.146 e. The molecule has 0 atom stereocenters. The Kier molecular flexibility index (Phi) is 4.36. The summed E-state index contributed by atoms with van der Waals surface area (Å²) in [5.41, 5.74) is 1.62. The number of nitriles is 1. The molecule has 5 heteroatoms.